The molecule has 2 rings (SSSR count). The molecule has 0 aliphatic carbocycles. The van der Waals surface area contributed by atoms with Gasteiger partial charge in [0, 0.05) is 5.38 Å². The third kappa shape index (κ3) is 2.00. The van der Waals surface area contributed by atoms with Crippen molar-refractivity contribution in [1.82, 2.24) is 4.98 Å². The molecule has 75 valence electrons. The van der Waals surface area contributed by atoms with Gasteiger partial charge in [0.25, 0.3) is 5.19 Å². The molecule has 0 aliphatic rings. The van der Waals surface area contributed by atoms with Crippen LogP contribution in [-0.4, -0.2) is 4.98 Å². The molecule has 1 heterocycles. The summed E-state index contributed by atoms with van der Waals surface area (Å²) in [6.45, 7) is 0. The zero-order valence-corrected chi connectivity index (χ0v) is 8.78. The average Bonchev–Trinajstić information content (AvgIpc) is 2.81. The summed E-state index contributed by atoms with van der Waals surface area (Å²) in [5.74, 6) is 0.485. The Morgan fingerprint density at radius 1 is 1.25 bits per heavy atom. The van der Waals surface area contributed by atoms with Gasteiger partial charge in [0.1, 0.15) is 24.1 Å². The molecule has 0 N–H and O–H groups in total. The van der Waals surface area contributed by atoms with Crippen molar-refractivity contribution in [1.29, 1.82) is 10.5 Å². The number of nitriles is 2. The minimum Gasteiger partial charge on any atom is -0.431 e. The first-order valence-corrected chi connectivity index (χ1v) is 5.15. The minimum atomic E-state index is 0.292. The van der Waals surface area contributed by atoms with Crippen molar-refractivity contribution in [2.75, 3.05) is 0 Å². The molecule has 0 bridgehead atoms. The van der Waals surface area contributed by atoms with Crippen LogP contribution in [0.15, 0.2) is 23.6 Å². The van der Waals surface area contributed by atoms with E-state index < -0.39 is 0 Å². The molecule has 0 saturated heterocycles. The molecule has 5 heteroatoms. The van der Waals surface area contributed by atoms with E-state index in [9.17, 15) is 0 Å². The summed E-state index contributed by atoms with van der Waals surface area (Å²) in [6.07, 6.45) is 2.63. The SMILES string of the molecule is N#Cc1ccc(Oc2n[c]cs2)cc1C#N. The summed E-state index contributed by atoms with van der Waals surface area (Å²) in [4.78, 5) is 3.83. The monoisotopic (exact) mass is 226 g/mol. The molecule has 0 saturated carbocycles. The van der Waals surface area contributed by atoms with Crippen molar-refractivity contribution in [3.8, 4) is 23.1 Å². The molecule has 0 atom stereocenters. The summed E-state index contributed by atoms with van der Waals surface area (Å²) in [5.41, 5.74) is 0.626. The van der Waals surface area contributed by atoms with E-state index in [1.807, 2.05) is 12.1 Å². The zero-order chi connectivity index (χ0) is 11.4. The maximum absolute atomic E-state index is 8.82. The largest absolute Gasteiger partial charge is 0.431 e. The van der Waals surface area contributed by atoms with Gasteiger partial charge in [-0.3, -0.25) is 0 Å². The van der Waals surface area contributed by atoms with E-state index in [1.54, 1.807) is 17.5 Å². The van der Waals surface area contributed by atoms with Crippen LogP contribution in [0.25, 0.3) is 0 Å². The second-order valence-electron chi connectivity index (χ2n) is 2.78. The summed E-state index contributed by atoms with van der Waals surface area (Å²) in [7, 11) is 0. The number of thiazole rings is 1. The summed E-state index contributed by atoms with van der Waals surface area (Å²) < 4.78 is 5.38. The van der Waals surface area contributed by atoms with Gasteiger partial charge in [-0.1, -0.05) is 11.3 Å². The smallest absolute Gasteiger partial charge is 0.279 e. The van der Waals surface area contributed by atoms with Crippen LogP contribution in [0.4, 0.5) is 0 Å². The van der Waals surface area contributed by atoms with Crippen LogP contribution in [0.1, 0.15) is 11.1 Å². The number of hydrogen-bond donors (Lipinski definition) is 0. The van der Waals surface area contributed by atoms with Crippen LogP contribution >= 0.6 is 11.3 Å². The maximum atomic E-state index is 8.82. The molecule has 16 heavy (non-hydrogen) atoms. The van der Waals surface area contributed by atoms with Crippen LogP contribution in [0.5, 0.6) is 10.9 Å². The van der Waals surface area contributed by atoms with Crippen molar-refractivity contribution in [3.05, 3.63) is 40.9 Å². The number of ether oxygens (including phenoxy) is 1. The average molecular weight is 226 g/mol. The van der Waals surface area contributed by atoms with Gasteiger partial charge in [-0.2, -0.15) is 10.5 Å². The molecule has 1 radical (unpaired) electrons. The number of aromatic nitrogens is 1. The van der Waals surface area contributed by atoms with Gasteiger partial charge in [-0.15, -0.1) is 0 Å². The second kappa shape index (κ2) is 4.43. The van der Waals surface area contributed by atoms with Gasteiger partial charge in [-0.25, -0.2) is 4.98 Å². The van der Waals surface area contributed by atoms with E-state index in [4.69, 9.17) is 15.3 Å². The summed E-state index contributed by atoms with van der Waals surface area (Å²) in [5, 5.41) is 19.7. The highest BCUT2D eigenvalue weighted by Crippen LogP contribution is 2.24. The third-order valence-corrected chi connectivity index (χ3v) is 2.40. The predicted octanol–water partition coefficient (Wildman–Crippen LogP) is 2.48. The molecule has 1 aromatic heterocycles. The highest BCUT2D eigenvalue weighted by molar-refractivity contribution is 7.11. The fraction of sp³-hybridized carbons (Fsp3) is 0. The predicted molar refractivity (Wildman–Crippen MR) is 56.9 cm³/mol. The first-order chi connectivity index (χ1) is 7.83. The molecule has 4 nitrogen and oxygen atoms in total. The van der Waals surface area contributed by atoms with Gasteiger partial charge in [0.05, 0.1) is 11.1 Å². The lowest BCUT2D eigenvalue weighted by atomic mass is 10.1. The molecular formula is C11H4N3OS. The fourth-order valence-electron chi connectivity index (χ4n) is 1.11. The van der Waals surface area contributed by atoms with E-state index >= 15 is 0 Å². The van der Waals surface area contributed by atoms with Gasteiger partial charge in [0.15, 0.2) is 0 Å². The Labute approximate surface area is 96.0 Å². The molecule has 1 aromatic carbocycles. The van der Waals surface area contributed by atoms with Crippen molar-refractivity contribution in [3.63, 3.8) is 0 Å². The third-order valence-electron chi connectivity index (χ3n) is 1.81. The van der Waals surface area contributed by atoms with E-state index in [0.29, 0.717) is 22.1 Å². The fourth-order valence-corrected chi connectivity index (χ4v) is 1.56. The van der Waals surface area contributed by atoms with Gasteiger partial charge in [0.2, 0.25) is 0 Å². The summed E-state index contributed by atoms with van der Waals surface area (Å²) >= 11 is 1.30. The van der Waals surface area contributed by atoms with Crippen LogP contribution in [0.2, 0.25) is 0 Å². The molecular weight excluding hydrogens is 222 g/mol. The lowest BCUT2D eigenvalue weighted by Crippen LogP contribution is -1.87. The number of rotatable bonds is 2. The van der Waals surface area contributed by atoms with Gasteiger partial charge < -0.3 is 4.74 Å². The van der Waals surface area contributed by atoms with Crippen LogP contribution in [-0.2, 0) is 0 Å². The quantitative estimate of drug-likeness (QED) is 0.788. The number of nitrogens with zero attached hydrogens (tertiary/aromatic N) is 3. The van der Waals surface area contributed by atoms with E-state index in [1.165, 1.54) is 17.4 Å². The molecule has 0 fully saturated rings. The van der Waals surface area contributed by atoms with Crippen LogP contribution in [0.3, 0.4) is 0 Å². The first kappa shape index (κ1) is 10.2. The van der Waals surface area contributed by atoms with Gasteiger partial charge >= 0.3 is 0 Å². The highest BCUT2D eigenvalue weighted by atomic mass is 32.1. The Kier molecular flexibility index (Phi) is 2.81. The lowest BCUT2D eigenvalue weighted by molar-refractivity contribution is 0.478. The Morgan fingerprint density at radius 3 is 2.69 bits per heavy atom. The Balaban J connectivity index is 2.31. The molecule has 0 aliphatic heterocycles. The standard InChI is InChI=1S/C11H4N3OS/c12-6-8-1-2-10(5-9(8)7-13)15-11-14-3-4-16-11/h1-2,4-5H. The Bertz CT molecular complexity index is 578. The van der Waals surface area contributed by atoms with Crippen molar-refractivity contribution >= 4 is 11.3 Å². The van der Waals surface area contributed by atoms with E-state index in [-0.39, 0.29) is 0 Å². The van der Waals surface area contributed by atoms with E-state index in [0.717, 1.165) is 0 Å². The molecule has 0 amide bonds. The Hall–Kier alpha value is -2.37. The topological polar surface area (TPSA) is 69.7 Å². The van der Waals surface area contributed by atoms with Crippen molar-refractivity contribution < 1.29 is 4.74 Å². The highest BCUT2D eigenvalue weighted by Gasteiger charge is 2.05. The summed E-state index contributed by atoms with van der Waals surface area (Å²) in [6, 6.07) is 8.56. The maximum Gasteiger partial charge on any atom is 0.279 e. The molecule has 0 unspecified atom stereocenters. The van der Waals surface area contributed by atoms with Crippen LogP contribution in [0, 0.1) is 28.9 Å². The van der Waals surface area contributed by atoms with Crippen LogP contribution < -0.4 is 4.74 Å². The lowest BCUT2D eigenvalue weighted by Gasteiger charge is -2.02. The Morgan fingerprint density at radius 2 is 2.06 bits per heavy atom. The second-order valence-corrected chi connectivity index (χ2v) is 3.60. The van der Waals surface area contributed by atoms with Crippen molar-refractivity contribution in [2.45, 2.75) is 0 Å². The normalized spacial score (nSPS) is 9.12. The van der Waals surface area contributed by atoms with E-state index in [2.05, 4.69) is 11.2 Å². The van der Waals surface area contributed by atoms with Gasteiger partial charge in [-0.05, 0) is 18.2 Å². The minimum absolute atomic E-state index is 0.292. The number of hydrogen-bond acceptors (Lipinski definition) is 5. The first-order valence-electron chi connectivity index (χ1n) is 4.27. The molecule has 2 aromatic rings. The zero-order valence-electron chi connectivity index (χ0n) is 7.97. The van der Waals surface area contributed by atoms with Crippen molar-refractivity contribution in [2.24, 2.45) is 0 Å². The molecule has 0 spiro atoms. The number of benzene rings is 1.